The summed E-state index contributed by atoms with van der Waals surface area (Å²) in [5.74, 6) is -0.191. The SMILES string of the molecule is CC=C(C=CC(=O)NCC(C)(O)c1ccsc1)CC. The summed E-state index contributed by atoms with van der Waals surface area (Å²) in [5, 5.41) is 16.8. The van der Waals surface area contributed by atoms with Crippen molar-refractivity contribution < 1.29 is 9.90 Å². The number of thiophene rings is 1. The number of hydrogen-bond donors (Lipinski definition) is 2. The summed E-state index contributed by atoms with van der Waals surface area (Å²) in [4.78, 5) is 11.7. The number of rotatable bonds is 6. The third kappa shape index (κ3) is 5.01. The van der Waals surface area contributed by atoms with Crippen LogP contribution in [-0.2, 0) is 10.4 Å². The number of carbonyl (C=O) groups is 1. The summed E-state index contributed by atoms with van der Waals surface area (Å²) in [5.41, 5.74) is 0.904. The van der Waals surface area contributed by atoms with Crippen molar-refractivity contribution in [2.45, 2.75) is 32.8 Å². The molecule has 1 heterocycles. The molecule has 19 heavy (non-hydrogen) atoms. The summed E-state index contributed by atoms with van der Waals surface area (Å²) in [6.07, 6.45) is 6.18. The quantitative estimate of drug-likeness (QED) is 0.621. The Morgan fingerprint density at radius 3 is 2.79 bits per heavy atom. The lowest BCUT2D eigenvalue weighted by Gasteiger charge is -2.22. The molecular weight excluding hydrogens is 258 g/mol. The zero-order chi connectivity index (χ0) is 14.3. The zero-order valence-electron chi connectivity index (χ0n) is 11.6. The number of allylic oxidation sites excluding steroid dienone is 3. The van der Waals surface area contributed by atoms with Crippen molar-refractivity contribution in [3.63, 3.8) is 0 Å². The van der Waals surface area contributed by atoms with Gasteiger partial charge in [-0.3, -0.25) is 4.79 Å². The van der Waals surface area contributed by atoms with Gasteiger partial charge < -0.3 is 10.4 Å². The number of hydrogen-bond acceptors (Lipinski definition) is 3. The van der Waals surface area contributed by atoms with Gasteiger partial charge in [-0.15, -0.1) is 0 Å². The molecule has 1 amide bonds. The molecule has 1 unspecified atom stereocenters. The van der Waals surface area contributed by atoms with Crippen LogP contribution in [0.3, 0.4) is 0 Å². The first-order chi connectivity index (χ1) is 8.99. The van der Waals surface area contributed by atoms with Crippen molar-refractivity contribution >= 4 is 17.2 Å². The van der Waals surface area contributed by atoms with E-state index >= 15 is 0 Å². The highest BCUT2D eigenvalue weighted by atomic mass is 32.1. The van der Waals surface area contributed by atoms with Crippen molar-refractivity contribution in [1.82, 2.24) is 5.32 Å². The highest BCUT2D eigenvalue weighted by Crippen LogP contribution is 2.21. The molecule has 104 valence electrons. The van der Waals surface area contributed by atoms with Gasteiger partial charge in [-0.05, 0) is 42.7 Å². The number of aliphatic hydroxyl groups is 1. The van der Waals surface area contributed by atoms with E-state index in [0.717, 1.165) is 17.6 Å². The Balaban J connectivity index is 2.51. The van der Waals surface area contributed by atoms with Crippen LogP contribution < -0.4 is 5.32 Å². The maximum atomic E-state index is 11.7. The molecular formula is C15H21NO2S. The second kappa shape index (κ2) is 7.26. The Kier molecular flexibility index (Phi) is 5.99. The lowest BCUT2D eigenvalue weighted by Crippen LogP contribution is -2.37. The molecule has 0 aliphatic heterocycles. The Hall–Kier alpha value is -1.39. The van der Waals surface area contributed by atoms with Crippen LogP contribution in [0.4, 0.5) is 0 Å². The van der Waals surface area contributed by atoms with Gasteiger partial charge in [0.2, 0.25) is 5.91 Å². The van der Waals surface area contributed by atoms with E-state index in [0.29, 0.717) is 0 Å². The average Bonchev–Trinajstić information content (AvgIpc) is 2.92. The minimum Gasteiger partial charge on any atom is -0.384 e. The number of amides is 1. The van der Waals surface area contributed by atoms with Crippen LogP contribution in [0, 0.1) is 0 Å². The normalized spacial score (nSPS) is 15.5. The molecule has 0 aliphatic rings. The average molecular weight is 279 g/mol. The van der Waals surface area contributed by atoms with Gasteiger partial charge in [-0.2, -0.15) is 11.3 Å². The maximum Gasteiger partial charge on any atom is 0.244 e. The second-order valence-corrected chi connectivity index (χ2v) is 5.33. The van der Waals surface area contributed by atoms with E-state index in [-0.39, 0.29) is 12.5 Å². The summed E-state index contributed by atoms with van der Waals surface area (Å²) in [6.45, 7) is 5.88. The van der Waals surface area contributed by atoms with E-state index in [9.17, 15) is 9.90 Å². The van der Waals surface area contributed by atoms with Crippen molar-refractivity contribution in [2.75, 3.05) is 6.54 Å². The van der Waals surface area contributed by atoms with Crippen LogP contribution in [0.15, 0.2) is 40.6 Å². The van der Waals surface area contributed by atoms with Crippen LogP contribution in [0.25, 0.3) is 0 Å². The monoisotopic (exact) mass is 279 g/mol. The molecule has 0 fully saturated rings. The Labute approximate surface area is 118 Å². The molecule has 0 aliphatic carbocycles. The molecule has 0 saturated heterocycles. The highest BCUT2D eigenvalue weighted by Gasteiger charge is 2.23. The van der Waals surface area contributed by atoms with E-state index in [1.165, 1.54) is 17.4 Å². The standard InChI is InChI=1S/C15H21NO2S/c1-4-12(5-2)6-7-14(17)16-11-15(3,18)13-8-9-19-10-13/h4,6-10,18H,5,11H2,1-3H3,(H,16,17). The van der Waals surface area contributed by atoms with Crippen LogP contribution in [0.1, 0.15) is 32.8 Å². The van der Waals surface area contributed by atoms with Gasteiger partial charge in [0, 0.05) is 6.08 Å². The Morgan fingerprint density at radius 1 is 1.53 bits per heavy atom. The van der Waals surface area contributed by atoms with Gasteiger partial charge in [0.05, 0.1) is 6.54 Å². The largest absolute Gasteiger partial charge is 0.384 e. The Morgan fingerprint density at radius 2 is 2.26 bits per heavy atom. The smallest absolute Gasteiger partial charge is 0.244 e. The van der Waals surface area contributed by atoms with Gasteiger partial charge >= 0.3 is 0 Å². The predicted molar refractivity (Wildman–Crippen MR) is 80.1 cm³/mol. The number of nitrogens with one attached hydrogen (secondary N) is 1. The van der Waals surface area contributed by atoms with Crippen LogP contribution in [-0.4, -0.2) is 17.6 Å². The van der Waals surface area contributed by atoms with Gasteiger partial charge in [-0.1, -0.05) is 24.6 Å². The molecule has 2 N–H and O–H groups in total. The van der Waals surface area contributed by atoms with Crippen molar-refractivity contribution in [1.29, 1.82) is 0 Å². The molecule has 1 aromatic rings. The molecule has 0 saturated carbocycles. The first-order valence-electron chi connectivity index (χ1n) is 6.35. The summed E-state index contributed by atoms with van der Waals surface area (Å²) in [6, 6.07) is 1.86. The van der Waals surface area contributed by atoms with Gasteiger partial charge in [-0.25, -0.2) is 0 Å². The van der Waals surface area contributed by atoms with E-state index in [1.54, 1.807) is 13.0 Å². The molecule has 0 bridgehead atoms. The molecule has 0 radical (unpaired) electrons. The molecule has 1 aromatic heterocycles. The Bertz CT molecular complexity index is 458. The van der Waals surface area contributed by atoms with Crippen LogP contribution in [0.2, 0.25) is 0 Å². The second-order valence-electron chi connectivity index (χ2n) is 4.55. The lowest BCUT2D eigenvalue weighted by molar-refractivity contribution is -0.117. The lowest BCUT2D eigenvalue weighted by atomic mass is 9.99. The summed E-state index contributed by atoms with van der Waals surface area (Å²) >= 11 is 1.53. The van der Waals surface area contributed by atoms with Crippen molar-refractivity contribution in [3.8, 4) is 0 Å². The number of carbonyl (C=O) groups excluding carboxylic acids is 1. The fraction of sp³-hybridized carbons (Fsp3) is 0.400. The minimum atomic E-state index is -1.03. The van der Waals surface area contributed by atoms with E-state index in [1.807, 2.05) is 36.7 Å². The fourth-order valence-electron chi connectivity index (χ4n) is 1.59. The maximum absolute atomic E-state index is 11.7. The molecule has 3 nitrogen and oxygen atoms in total. The first kappa shape index (κ1) is 15.7. The molecule has 0 aromatic carbocycles. The molecule has 4 heteroatoms. The minimum absolute atomic E-state index is 0.191. The van der Waals surface area contributed by atoms with Crippen molar-refractivity contribution in [2.24, 2.45) is 0 Å². The summed E-state index contributed by atoms with van der Waals surface area (Å²) < 4.78 is 0. The fourth-order valence-corrected chi connectivity index (χ4v) is 2.37. The molecule has 0 spiro atoms. The van der Waals surface area contributed by atoms with E-state index in [4.69, 9.17) is 0 Å². The van der Waals surface area contributed by atoms with Crippen molar-refractivity contribution in [3.05, 3.63) is 46.2 Å². The van der Waals surface area contributed by atoms with Crippen LogP contribution >= 0.6 is 11.3 Å². The van der Waals surface area contributed by atoms with Gasteiger partial charge in [0.25, 0.3) is 0 Å². The van der Waals surface area contributed by atoms with E-state index in [2.05, 4.69) is 5.32 Å². The molecule has 1 rings (SSSR count). The first-order valence-corrected chi connectivity index (χ1v) is 7.30. The third-order valence-corrected chi connectivity index (χ3v) is 3.66. The van der Waals surface area contributed by atoms with Gasteiger partial charge in [0.1, 0.15) is 5.60 Å². The topological polar surface area (TPSA) is 49.3 Å². The van der Waals surface area contributed by atoms with Crippen LogP contribution in [0.5, 0.6) is 0 Å². The molecule has 1 atom stereocenters. The third-order valence-electron chi connectivity index (χ3n) is 2.98. The summed E-state index contributed by atoms with van der Waals surface area (Å²) in [7, 11) is 0. The van der Waals surface area contributed by atoms with E-state index < -0.39 is 5.60 Å². The van der Waals surface area contributed by atoms with Gasteiger partial charge in [0.15, 0.2) is 0 Å². The predicted octanol–water partition coefficient (Wildman–Crippen LogP) is 2.98. The zero-order valence-corrected chi connectivity index (χ0v) is 12.5. The highest BCUT2D eigenvalue weighted by molar-refractivity contribution is 7.08.